The monoisotopic (exact) mass is 508 g/mol. The van der Waals surface area contributed by atoms with Gasteiger partial charge in [0.05, 0.1) is 45.3 Å². The first kappa shape index (κ1) is 26.4. The summed E-state index contributed by atoms with van der Waals surface area (Å²) >= 11 is 3.04. The molecule has 2 aromatic heterocycles. The van der Waals surface area contributed by atoms with Crippen LogP contribution in [0.2, 0.25) is 0 Å². The number of hydrogen-bond donors (Lipinski definition) is 2. The number of methoxy groups -OCH3 is 1. The second-order valence-electron chi connectivity index (χ2n) is 8.05. The zero-order valence-electron chi connectivity index (χ0n) is 20.0. The Hall–Kier alpha value is -2.25. The minimum absolute atomic E-state index is 0.00594. The van der Waals surface area contributed by atoms with Crippen molar-refractivity contribution in [1.29, 1.82) is 0 Å². The summed E-state index contributed by atoms with van der Waals surface area (Å²) in [7, 11) is 5.21. The molecule has 2 amide bonds. The van der Waals surface area contributed by atoms with Crippen molar-refractivity contribution in [2.45, 2.75) is 31.8 Å². The molecule has 0 saturated heterocycles. The summed E-state index contributed by atoms with van der Waals surface area (Å²) in [6.45, 7) is 4.18. The molecule has 2 N–H and O–H groups in total. The molecule has 2 aliphatic heterocycles. The highest BCUT2D eigenvalue weighted by atomic mass is 32.1. The van der Waals surface area contributed by atoms with Gasteiger partial charge in [0, 0.05) is 39.6 Å². The summed E-state index contributed by atoms with van der Waals surface area (Å²) in [5.41, 5.74) is 5.59. The van der Waals surface area contributed by atoms with Crippen molar-refractivity contribution in [1.82, 2.24) is 30.4 Å². The first-order valence-electron chi connectivity index (χ1n) is 11.2. The number of amides is 2. The van der Waals surface area contributed by atoms with E-state index in [2.05, 4.69) is 20.6 Å². The van der Waals surface area contributed by atoms with Crippen molar-refractivity contribution >= 4 is 40.3 Å². The highest BCUT2D eigenvalue weighted by Gasteiger charge is 2.32. The molecule has 0 spiro atoms. The number of ketones is 1. The van der Waals surface area contributed by atoms with Crippen molar-refractivity contribution in [3.63, 3.8) is 0 Å². The lowest BCUT2D eigenvalue weighted by Gasteiger charge is -2.23. The van der Waals surface area contributed by atoms with Gasteiger partial charge in [-0.25, -0.2) is 9.97 Å². The molecule has 0 saturated carbocycles. The zero-order chi connectivity index (χ0) is 24.7. The maximum absolute atomic E-state index is 12.3. The average Bonchev–Trinajstić information content (AvgIpc) is 3.42. The molecule has 2 aromatic rings. The Morgan fingerprint density at radius 2 is 1.50 bits per heavy atom. The number of fused-ring (bicyclic) bond motifs is 2. The van der Waals surface area contributed by atoms with Gasteiger partial charge in [-0.1, -0.05) is 0 Å². The van der Waals surface area contributed by atoms with Crippen LogP contribution >= 0.6 is 22.7 Å². The Morgan fingerprint density at radius 3 is 1.97 bits per heavy atom. The standard InChI is InChI=1S/C11H15N3O2S.C11H17N3O2S/c1-7(15)5-14-4-3-8-10(17-6-13-8)9(12-2)11(14)16;1-12-9-10-8(13-7-17-10)3-4-14(11(9)15)5-6-16-2/h6,9,12H,3-5H2,1-2H3;7,9,12H,3-6H2,1-2H3. The molecule has 0 aliphatic carbocycles. The second kappa shape index (κ2) is 12.5. The van der Waals surface area contributed by atoms with Gasteiger partial charge in [-0.15, -0.1) is 22.7 Å². The molecular formula is C22H32N6O4S2. The molecule has 10 nitrogen and oxygen atoms in total. The first-order chi connectivity index (χ1) is 16.4. The Morgan fingerprint density at radius 1 is 1.00 bits per heavy atom. The molecule has 0 aromatic carbocycles. The molecule has 0 fully saturated rings. The molecule has 2 unspecified atom stereocenters. The molecule has 4 rings (SSSR count). The smallest absolute Gasteiger partial charge is 0.245 e. The number of carbonyl (C=O) groups excluding carboxylic acids is 3. The van der Waals surface area contributed by atoms with Crippen molar-refractivity contribution in [2.24, 2.45) is 0 Å². The third kappa shape index (κ3) is 6.05. The third-order valence-corrected chi connectivity index (χ3v) is 7.65. The van der Waals surface area contributed by atoms with E-state index in [-0.39, 0.29) is 36.2 Å². The third-order valence-electron chi connectivity index (χ3n) is 5.78. The number of Topliss-reactive ketones (excluding diaryl/α,β-unsaturated/α-hetero) is 1. The molecule has 4 heterocycles. The van der Waals surface area contributed by atoms with E-state index in [4.69, 9.17) is 4.74 Å². The van der Waals surface area contributed by atoms with Gasteiger partial charge in [-0.05, 0) is 21.0 Å². The van der Waals surface area contributed by atoms with E-state index in [1.807, 2.05) is 17.5 Å². The SMILES string of the molecule is CNC1C(=O)N(CC(C)=O)CCc2ncsc21.CNC1C(=O)N(CCOC)CCc2ncsc21. The first-order valence-corrected chi connectivity index (χ1v) is 12.9. The van der Waals surface area contributed by atoms with Crippen LogP contribution in [0.1, 0.15) is 40.1 Å². The van der Waals surface area contributed by atoms with Gasteiger partial charge in [0.15, 0.2) is 0 Å². The van der Waals surface area contributed by atoms with Crippen LogP contribution < -0.4 is 10.6 Å². The summed E-state index contributed by atoms with van der Waals surface area (Å²) in [6.07, 6.45) is 1.54. The summed E-state index contributed by atoms with van der Waals surface area (Å²) in [6, 6.07) is -0.615. The highest BCUT2D eigenvalue weighted by molar-refractivity contribution is 7.10. The number of nitrogens with zero attached hydrogens (tertiary/aromatic N) is 4. The van der Waals surface area contributed by atoms with E-state index in [9.17, 15) is 14.4 Å². The van der Waals surface area contributed by atoms with Crippen LogP contribution in [0.25, 0.3) is 0 Å². The predicted molar refractivity (Wildman–Crippen MR) is 131 cm³/mol. The number of rotatable bonds is 7. The fraction of sp³-hybridized carbons (Fsp3) is 0.591. The minimum atomic E-state index is -0.362. The van der Waals surface area contributed by atoms with E-state index in [1.165, 1.54) is 18.3 Å². The molecule has 0 radical (unpaired) electrons. The Bertz CT molecular complexity index is 994. The van der Waals surface area contributed by atoms with Gasteiger partial charge >= 0.3 is 0 Å². The highest BCUT2D eigenvalue weighted by Crippen LogP contribution is 2.28. The van der Waals surface area contributed by atoms with E-state index >= 15 is 0 Å². The molecule has 186 valence electrons. The Balaban J connectivity index is 0.000000191. The number of likely N-dealkylation sites (N-methyl/N-ethyl adjacent to an activating group) is 2. The van der Waals surface area contributed by atoms with Crippen molar-refractivity contribution in [2.75, 3.05) is 54.0 Å². The molecule has 12 heteroatoms. The van der Waals surface area contributed by atoms with Gasteiger partial charge in [0.1, 0.15) is 17.9 Å². The summed E-state index contributed by atoms with van der Waals surface area (Å²) in [5, 5.41) is 6.09. The van der Waals surface area contributed by atoms with Crippen LogP contribution in [0.5, 0.6) is 0 Å². The fourth-order valence-electron chi connectivity index (χ4n) is 4.05. The van der Waals surface area contributed by atoms with Crippen LogP contribution in [0.15, 0.2) is 11.0 Å². The summed E-state index contributed by atoms with van der Waals surface area (Å²) < 4.78 is 5.03. The lowest BCUT2D eigenvalue weighted by molar-refractivity contribution is -0.136. The quantitative estimate of drug-likeness (QED) is 0.565. The van der Waals surface area contributed by atoms with Crippen LogP contribution in [-0.2, 0) is 32.0 Å². The van der Waals surface area contributed by atoms with E-state index in [0.717, 1.165) is 40.5 Å². The number of carbonyl (C=O) groups is 3. The van der Waals surface area contributed by atoms with Crippen LogP contribution in [0.3, 0.4) is 0 Å². The average molecular weight is 509 g/mol. The van der Waals surface area contributed by atoms with Crippen LogP contribution in [-0.4, -0.2) is 91.4 Å². The summed E-state index contributed by atoms with van der Waals surface area (Å²) in [5.74, 6) is 0.0877. The molecule has 0 bridgehead atoms. The predicted octanol–water partition coefficient (Wildman–Crippen LogP) is 0.812. The molecule has 2 atom stereocenters. The van der Waals surface area contributed by atoms with Crippen LogP contribution in [0.4, 0.5) is 0 Å². The maximum atomic E-state index is 12.3. The van der Waals surface area contributed by atoms with E-state index < -0.39 is 0 Å². The van der Waals surface area contributed by atoms with Crippen molar-refractivity contribution < 1.29 is 19.1 Å². The zero-order valence-corrected chi connectivity index (χ0v) is 21.6. The number of thiazole rings is 2. The molecule has 2 aliphatic rings. The van der Waals surface area contributed by atoms with Crippen LogP contribution in [0, 0.1) is 0 Å². The number of aromatic nitrogens is 2. The largest absolute Gasteiger partial charge is 0.383 e. The Kier molecular flexibility index (Phi) is 9.65. The lowest BCUT2D eigenvalue weighted by Crippen LogP contribution is -2.41. The van der Waals surface area contributed by atoms with Crippen molar-refractivity contribution in [3.05, 3.63) is 32.2 Å². The van der Waals surface area contributed by atoms with Gasteiger partial charge < -0.3 is 25.2 Å². The van der Waals surface area contributed by atoms with Gasteiger partial charge in [-0.3, -0.25) is 14.4 Å². The van der Waals surface area contributed by atoms with E-state index in [1.54, 1.807) is 35.9 Å². The second-order valence-corrected chi connectivity index (χ2v) is 9.82. The number of nitrogens with one attached hydrogen (secondary N) is 2. The van der Waals surface area contributed by atoms with Gasteiger partial charge in [0.25, 0.3) is 0 Å². The lowest BCUT2D eigenvalue weighted by atomic mass is 10.2. The van der Waals surface area contributed by atoms with E-state index in [0.29, 0.717) is 19.7 Å². The number of ether oxygens (including phenoxy) is 1. The van der Waals surface area contributed by atoms with Gasteiger partial charge in [0.2, 0.25) is 11.8 Å². The molecular weight excluding hydrogens is 476 g/mol. The molecule has 34 heavy (non-hydrogen) atoms. The topological polar surface area (TPSA) is 117 Å². The minimum Gasteiger partial charge on any atom is -0.383 e. The fourth-order valence-corrected chi connectivity index (χ4v) is 5.93. The Labute approximate surface area is 207 Å². The normalized spacial score (nSPS) is 20.1. The maximum Gasteiger partial charge on any atom is 0.245 e. The summed E-state index contributed by atoms with van der Waals surface area (Å²) in [4.78, 5) is 49.8. The number of hydrogen-bond acceptors (Lipinski definition) is 10. The van der Waals surface area contributed by atoms with Crippen molar-refractivity contribution in [3.8, 4) is 0 Å². The van der Waals surface area contributed by atoms with Gasteiger partial charge in [-0.2, -0.15) is 0 Å².